The molecule has 0 atom stereocenters. The minimum absolute atomic E-state index is 0.217. The largest absolute Gasteiger partial charge is 0.484 e. The summed E-state index contributed by atoms with van der Waals surface area (Å²) in [6.45, 7) is 1.33. The molecular formula is C21H19N3O5S. The van der Waals surface area contributed by atoms with E-state index in [0.717, 1.165) is 22.2 Å². The Labute approximate surface area is 177 Å². The van der Waals surface area contributed by atoms with Crippen LogP contribution in [0.2, 0.25) is 0 Å². The van der Waals surface area contributed by atoms with Crippen LogP contribution >= 0.6 is 11.8 Å². The lowest BCUT2D eigenvalue weighted by Gasteiger charge is -2.12. The van der Waals surface area contributed by atoms with E-state index in [9.17, 15) is 19.2 Å². The predicted octanol–water partition coefficient (Wildman–Crippen LogP) is 2.53. The Morgan fingerprint density at radius 1 is 1.10 bits per heavy atom. The number of aryl methyl sites for hydroxylation is 1. The molecular weight excluding hydrogens is 406 g/mol. The monoisotopic (exact) mass is 425 g/mol. The third kappa shape index (κ3) is 5.48. The number of nitrogens with two attached hydrogens (primary N) is 1. The van der Waals surface area contributed by atoms with Crippen LogP contribution in [-0.4, -0.2) is 41.0 Å². The normalized spacial score (nSPS) is 14.8. The standard InChI is InChI=1S/C21H19N3O5S/c1-13-2-6-15(7-3-13)23-19(26)11-24-20(27)17(30-21(24)28)10-14-4-8-16(9-5-14)29-12-18(22)25/h2-10H,11-12H2,1H3,(H2,22,25)(H,23,26)/b17-10-. The summed E-state index contributed by atoms with van der Waals surface area (Å²) < 4.78 is 5.17. The van der Waals surface area contributed by atoms with Gasteiger partial charge in [-0.2, -0.15) is 0 Å². The van der Waals surface area contributed by atoms with Crippen LogP contribution < -0.4 is 15.8 Å². The van der Waals surface area contributed by atoms with Gasteiger partial charge in [-0.3, -0.25) is 24.1 Å². The average Bonchev–Trinajstić information content (AvgIpc) is 2.96. The highest BCUT2D eigenvalue weighted by molar-refractivity contribution is 8.18. The molecule has 0 radical (unpaired) electrons. The number of primary amides is 1. The molecule has 4 amide bonds. The van der Waals surface area contributed by atoms with E-state index in [1.165, 1.54) is 0 Å². The molecule has 0 spiro atoms. The molecule has 2 aromatic carbocycles. The van der Waals surface area contributed by atoms with Gasteiger partial charge in [0.05, 0.1) is 4.91 Å². The molecule has 8 nitrogen and oxygen atoms in total. The van der Waals surface area contributed by atoms with Gasteiger partial charge in [0.25, 0.3) is 17.1 Å². The minimum atomic E-state index is -0.584. The second kappa shape index (κ2) is 9.27. The summed E-state index contributed by atoms with van der Waals surface area (Å²) in [6, 6.07) is 13.8. The van der Waals surface area contributed by atoms with Crippen molar-refractivity contribution in [3.05, 3.63) is 64.6 Å². The van der Waals surface area contributed by atoms with Crippen molar-refractivity contribution in [3.63, 3.8) is 0 Å². The fourth-order valence-corrected chi connectivity index (χ4v) is 3.42. The summed E-state index contributed by atoms with van der Waals surface area (Å²) in [7, 11) is 0. The summed E-state index contributed by atoms with van der Waals surface area (Å²) >= 11 is 0.771. The summed E-state index contributed by atoms with van der Waals surface area (Å²) in [5.74, 6) is -1.12. The first-order valence-corrected chi connectivity index (χ1v) is 9.76. The van der Waals surface area contributed by atoms with E-state index in [4.69, 9.17) is 10.5 Å². The van der Waals surface area contributed by atoms with Crippen LogP contribution in [-0.2, 0) is 14.4 Å². The van der Waals surface area contributed by atoms with Gasteiger partial charge in [0, 0.05) is 5.69 Å². The first-order chi connectivity index (χ1) is 14.3. The van der Waals surface area contributed by atoms with Crippen LogP contribution in [0.4, 0.5) is 10.5 Å². The number of imide groups is 1. The van der Waals surface area contributed by atoms with Crippen molar-refractivity contribution in [3.8, 4) is 5.75 Å². The maximum Gasteiger partial charge on any atom is 0.294 e. The summed E-state index contributed by atoms with van der Waals surface area (Å²) in [4.78, 5) is 48.9. The zero-order valence-electron chi connectivity index (χ0n) is 16.1. The van der Waals surface area contributed by atoms with Gasteiger partial charge >= 0.3 is 0 Å². The molecule has 1 saturated heterocycles. The summed E-state index contributed by atoms with van der Waals surface area (Å²) in [5, 5.41) is 2.16. The zero-order valence-corrected chi connectivity index (χ0v) is 16.9. The molecule has 9 heteroatoms. The number of rotatable bonds is 7. The topological polar surface area (TPSA) is 119 Å². The summed E-state index contributed by atoms with van der Waals surface area (Å²) in [5.41, 5.74) is 7.33. The Kier molecular flexibility index (Phi) is 6.53. The Hall–Kier alpha value is -3.59. The third-order valence-corrected chi connectivity index (χ3v) is 4.98. The van der Waals surface area contributed by atoms with Crippen molar-refractivity contribution in [1.29, 1.82) is 0 Å². The molecule has 1 aliphatic heterocycles. The van der Waals surface area contributed by atoms with E-state index in [-0.39, 0.29) is 18.1 Å². The van der Waals surface area contributed by atoms with Crippen molar-refractivity contribution < 1.29 is 23.9 Å². The van der Waals surface area contributed by atoms with Crippen LogP contribution in [0.25, 0.3) is 6.08 Å². The maximum atomic E-state index is 12.6. The number of nitrogens with one attached hydrogen (secondary N) is 1. The second-order valence-corrected chi connectivity index (χ2v) is 7.50. The van der Waals surface area contributed by atoms with Crippen LogP contribution in [0, 0.1) is 6.92 Å². The Morgan fingerprint density at radius 2 is 1.77 bits per heavy atom. The molecule has 0 saturated carbocycles. The van der Waals surface area contributed by atoms with E-state index < -0.39 is 23.0 Å². The number of anilines is 1. The molecule has 3 N–H and O–H groups in total. The predicted molar refractivity (Wildman–Crippen MR) is 114 cm³/mol. The quantitative estimate of drug-likeness (QED) is 0.658. The second-order valence-electron chi connectivity index (χ2n) is 6.51. The van der Waals surface area contributed by atoms with Crippen LogP contribution in [0.5, 0.6) is 5.75 Å². The molecule has 1 heterocycles. The minimum Gasteiger partial charge on any atom is -0.484 e. The molecule has 2 aromatic rings. The molecule has 1 aliphatic rings. The molecule has 3 rings (SSSR count). The van der Waals surface area contributed by atoms with Crippen LogP contribution in [0.1, 0.15) is 11.1 Å². The lowest BCUT2D eigenvalue weighted by atomic mass is 10.2. The van der Waals surface area contributed by atoms with Gasteiger partial charge in [-0.1, -0.05) is 29.8 Å². The lowest BCUT2D eigenvalue weighted by Crippen LogP contribution is -2.36. The van der Waals surface area contributed by atoms with Crippen molar-refractivity contribution in [2.45, 2.75) is 6.92 Å². The molecule has 0 unspecified atom stereocenters. The SMILES string of the molecule is Cc1ccc(NC(=O)CN2C(=O)S/C(=C\c3ccc(OCC(N)=O)cc3)C2=O)cc1. The molecule has 1 fully saturated rings. The third-order valence-electron chi connectivity index (χ3n) is 4.07. The number of thioether (sulfide) groups is 1. The number of hydrogen-bond acceptors (Lipinski definition) is 6. The fourth-order valence-electron chi connectivity index (χ4n) is 2.58. The first-order valence-electron chi connectivity index (χ1n) is 8.95. The number of amides is 4. The van der Waals surface area contributed by atoms with E-state index >= 15 is 0 Å². The van der Waals surface area contributed by atoms with Crippen molar-refractivity contribution >= 4 is 46.5 Å². The molecule has 154 valence electrons. The van der Waals surface area contributed by atoms with Gasteiger partial charge in [0.15, 0.2) is 6.61 Å². The van der Waals surface area contributed by atoms with Crippen LogP contribution in [0.3, 0.4) is 0 Å². The highest BCUT2D eigenvalue weighted by Crippen LogP contribution is 2.32. The van der Waals surface area contributed by atoms with E-state index in [1.807, 2.05) is 19.1 Å². The first kappa shape index (κ1) is 21.1. The van der Waals surface area contributed by atoms with Gasteiger partial charge in [-0.25, -0.2) is 0 Å². The van der Waals surface area contributed by atoms with E-state index in [2.05, 4.69) is 5.32 Å². The Bertz CT molecular complexity index is 1020. The van der Waals surface area contributed by atoms with Gasteiger partial charge in [-0.15, -0.1) is 0 Å². The van der Waals surface area contributed by atoms with Crippen LogP contribution in [0.15, 0.2) is 53.4 Å². The van der Waals surface area contributed by atoms with E-state index in [1.54, 1.807) is 42.5 Å². The number of benzene rings is 2. The number of carbonyl (C=O) groups excluding carboxylic acids is 4. The van der Waals surface area contributed by atoms with Gasteiger partial charge in [0.2, 0.25) is 5.91 Å². The van der Waals surface area contributed by atoms with Crippen molar-refractivity contribution in [1.82, 2.24) is 4.90 Å². The Balaban J connectivity index is 1.62. The molecule has 30 heavy (non-hydrogen) atoms. The van der Waals surface area contributed by atoms with Gasteiger partial charge in [0.1, 0.15) is 12.3 Å². The highest BCUT2D eigenvalue weighted by Gasteiger charge is 2.36. The number of carbonyl (C=O) groups is 4. The smallest absolute Gasteiger partial charge is 0.294 e. The lowest BCUT2D eigenvalue weighted by molar-refractivity contribution is -0.127. The molecule has 0 aliphatic carbocycles. The molecule has 0 bridgehead atoms. The van der Waals surface area contributed by atoms with Crippen molar-refractivity contribution in [2.24, 2.45) is 5.73 Å². The Morgan fingerprint density at radius 3 is 2.40 bits per heavy atom. The molecule has 0 aromatic heterocycles. The van der Waals surface area contributed by atoms with E-state index in [0.29, 0.717) is 17.0 Å². The number of nitrogens with zero attached hydrogens (tertiary/aromatic N) is 1. The average molecular weight is 425 g/mol. The number of hydrogen-bond donors (Lipinski definition) is 2. The fraction of sp³-hybridized carbons (Fsp3) is 0.143. The number of ether oxygens (including phenoxy) is 1. The van der Waals surface area contributed by atoms with Gasteiger partial charge in [-0.05, 0) is 54.6 Å². The van der Waals surface area contributed by atoms with Crippen molar-refractivity contribution in [2.75, 3.05) is 18.5 Å². The maximum absolute atomic E-state index is 12.6. The highest BCUT2D eigenvalue weighted by atomic mass is 32.2. The zero-order chi connectivity index (χ0) is 21.7. The van der Waals surface area contributed by atoms with Gasteiger partial charge < -0.3 is 15.8 Å². The summed E-state index contributed by atoms with van der Waals surface area (Å²) in [6.07, 6.45) is 1.56.